The van der Waals surface area contributed by atoms with Crippen molar-refractivity contribution in [3.05, 3.63) is 70.8 Å². The normalized spacial score (nSPS) is 13.2. The molecule has 0 aliphatic heterocycles. The Hall–Kier alpha value is -2.74. The molecule has 0 heterocycles. The van der Waals surface area contributed by atoms with Gasteiger partial charge in [-0.2, -0.15) is 0 Å². The summed E-state index contributed by atoms with van der Waals surface area (Å²) in [7, 11) is 0. The lowest BCUT2D eigenvalue weighted by molar-refractivity contribution is 0.327. The van der Waals surface area contributed by atoms with Gasteiger partial charge < -0.3 is 5.11 Å². The monoisotopic (exact) mass is 485 g/mol. The second kappa shape index (κ2) is 8.98. The van der Waals surface area contributed by atoms with Gasteiger partial charge in [-0.1, -0.05) is 101 Å². The summed E-state index contributed by atoms with van der Waals surface area (Å²) in [5, 5.41) is 24.6. The van der Waals surface area contributed by atoms with Crippen LogP contribution in [0.5, 0.6) is 11.5 Å². The predicted octanol–water partition coefficient (Wildman–Crippen LogP) is 10.1. The third kappa shape index (κ3) is 5.64. The number of hydrogen-bond donors (Lipinski definition) is 1. The van der Waals surface area contributed by atoms with E-state index in [4.69, 9.17) is 0 Å². The zero-order valence-electron chi connectivity index (χ0n) is 24.5. The van der Waals surface area contributed by atoms with E-state index in [1.165, 1.54) is 0 Å². The van der Waals surface area contributed by atoms with E-state index in [1.54, 1.807) is 0 Å². The minimum absolute atomic E-state index is 0.151. The molecule has 2 heteroatoms. The number of benzene rings is 3. The Balaban J connectivity index is 2.28. The molecule has 0 spiro atoms. The van der Waals surface area contributed by atoms with E-state index in [1.807, 2.05) is 0 Å². The Morgan fingerprint density at radius 2 is 0.778 bits per heavy atom. The topological polar surface area (TPSA) is 40.1 Å². The lowest BCUT2D eigenvalue weighted by Crippen LogP contribution is -2.17. The maximum Gasteiger partial charge on any atom is 0.186 e. The molecule has 0 bridgehead atoms. The highest BCUT2D eigenvalue weighted by molar-refractivity contribution is 5.76. The standard InChI is InChI=1S/C34H45O2/c1-31(2,3)25-17-23(18-26(29(25)35)32(4,5)6)21-14-13-15-22(16-21)24-19-27(33(7,8)9)30(36)28(20-24)34(10,11)12/h13-20,35H,1-12H3. The van der Waals surface area contributed by atoms with Gasteiger partial charge in [0.05, 0.1) is 0 Å². The molecule has 1 radical (unpaired) electrons. The number of phenols is 1. The second-order valence-corrected chi connectivity index (χ2v) is 14.4. The summed E-state index contributed by atoms with van der Waals surface area (Å²) >= 11 is 0. The lowest BCUT2D eigenvalue weighted by Gasteiger charge is -2.28. The van der Waals surface area contributed by atoms with Crippen molar-refractivity contribution >= 4 is 0 Å². The van der Waals surface area contributed by atoms with Gasteiger partial charge in [0.1, 0.15) is 5.75 Å². The molecule has 193 valence electrons. The largest absolute Gasteiger partial charge is 0.507 e. The van der Waals surface area contributed by atoms with Gasteiger partial charge in [-0.3, -0.25) is 5.11 Å². The highest BCUT2D eigenvalue weighted by atomic mass is 16.3. The molecule has 3 aromatic carbocycles. The van der Waals surface area contributed by atoms with Crippen molar-refractivity contribution in [2.45, 2.75) is 105 Å². The summed E-state index contributed by atoms with van der Waals surface area (Å²) in [4.78, 5) is 0. The molecule has 1 N–H and O–H groups in total. The molecule has 0 fully saturated rings. The Bertz CT molecular complexity index is 1100. The van der Waals surface area contributed by atoms with Gasteiger partial charge in [0.25, 0.3) is 0 Å². The maximum absolute atomic E-state index is 13.4. The zero-order chi connectivity index (χ0) is 27.4. The molecule has 0 atom stereocenters. The number of hydrogen-bond acceptors (Lipinski definition) is 1. The molecule has 0 unspecified atom stereocenters. The van der Waals surface area contributed by atoms with E-state index in [-0.39, 0.29) is 27.4 Å². The minimum atomic E-state index is -0.245. The van der Waals surface area contributed by atoms with E-state index in [0.717, 1.165) is 44.5 Å². The predicted molar refractivity (Wildman–Crippen MR) is 154 cm³/mol. The van der Waals surface area contributed by atoms with E-state index in [9.17, 15) is 10.2 Å². The van der Waals surface area contributed by atoms with Crippen molar-refractivity contribution in [2.24, 2.45) is 0 Å². The summed E-state index contributed by atoms with van der Waals surface area (Å²) in [5.74, 6) is 0.545. The highest BCUT2D eigenvalue weighted by Crippen LogP contribution is 2.44. The quantitative estimate of drug-likeness (QED) is 0.385. The van der Waals surface area contributed by atoms with Crippen molar-refractivity contribution in [1.29, 1.82) is 0 Å². The first-order valence-corrected chi connectivity index (χ1v) is 13.1. The van der Waals surface area contributed by atoms with E-state index >= 15 is 0 Å². The molecule has 2 nitrogen and oxygen atoms in total. The fraction of sp³-hybridized carbons (Fsp3) is 0.471. The number of rotatable bonds is 2. The fourth-order valence-electron chi connectivity index (χ4n) is 4.73. The van der Waals surface area contributed by atoms with Crippen LogP contribution in [0.1, 0.15) is 105 Å². The van der Waals surface area contributed by atoms with Gasteiger partial charge in [-0.25, -0.2) is 0 Å². The Morgan fingerprint density at radius 1 is 0.472 bits per heavy atom. The summed E-state index contributed by atoms with van der Waals surface area (Å²) in [6.07, 6.45) is 0. The van der Waals surface area contributed by atoms with Crippen molar-refractivity contribution < 1.29 is 10.2 Å². The van der Waals surface area contributed by atoms with E-state index in [0.29, 0.717) is 5.75 Å². The molecular formula is C34H45O2. The third-order valence-electron chi connectivity index (χ3n) is 6.96. The molecule has 36 heavy (non-hydrogen) atoms. The molecule has 0 aliphatic carbocycles. The van der Waals surface area contributed by atoms with Crippen LogP contribution < -0.4 is 0 Å². The van der Waals surface area contributed by atoms with E-state index < -0.39 is 0 Å². The molecule has 0 aliphatic rings. The minimum Gasteiger partial charge on any atom is -0.507 e. The van der Waals surface area contributed by atoms with E-state index in [2.05, 4.69) is 132 Å². The molecule has 0 saturated carbocycles. The van der Waals surface area contributed by atoms with Crippen LogP contribution in [0.3, 0.4) is 0 Å². The van der Waals surface area contributed by atoms with Crippen LogP contribution in [-0.4, -0.2) is 5.11 Å². The molecule has 3 aromatic rings. The highest BCUT2D eigenvalue weighted by Gasteiger charge is 2.29. The first kappa shape index (κ1) is 27.8. The van der Waals surface area contributed by atoms with Crippen molar-refractivity contribution in [2.75, 3.05) is 0 Å². The second-order valence-electron chi connectivity index (χ2n) is 14.4. The molecule has 0 saturated heterocycles. The van der Waals surface area contributed by atoms with Crippen LogP contribution in [0.25, 0.3) is 22.3 Å². The number of phenolic OH excluding ortho intramolecular Hbond substituents is 1. The van der Waals surface area contributed by atoms with Gasteiger partial charge in [-0.05, 0) is 74.2 Å². The lowest BCUT2D eigenvalue weighted by atomic mass is 9.77. The van der Waals surface area contributed by atoms with Gasteiger partial charge in [0, 0.05) is 22.3 Å². The Kier molecular flexibility index (Phi) is 6.94. The van der Waals surface area contributed by atoms with Gasteiger partial charge >= 0.3 is 0 Å². The average Bonchev–Trinajstić information content (AvgIpc) is 2.70. The summed E-state index contributed by atoms with van der Waals surface area (Å²) < 4.78 is 0. The van der Waals surface area contributed by atoms with Gasteiger partial charge in [0.15, 0.2) is 5.75 Å². The Morgan fingerprint density at radius 3 is 1.08 bits per heavy atom. The molecule has 0 aromatic heterocycles. The Labute approximate surface area is 219 Å². The molecule has 3 rings (SSSR count). The average molecular weight is 486 g/mol. The van der Waals surface area contributed by atoms with Gasteiger partial charge in [0.2, 0.25) is 0 Å². The van der Waals surface area contributed by atoms with Crippen LogP contribution in [0.2, 0.25) is 0 Å². The van der Waals surface area contributed by atoms with Crippen molar-refractivity contribution in [1.82, 2.24) is 0 Å². The smallest absolute Gasteiger partial charge is 0.186 e. The van der Waals surface area contributed by atoms with Gasteiger partial charge in [-0.15, -0.1) is 0 Å². The third-order valence-corrected chi connectivity index (χ3v) is 6.96. The van der Waals surface area contributed by atoms with Crippen LogP contribution >= 0.6 is 0 Å². The van der Waals surface area contributed by atoms with Crippen LogP contribution in [0, 0.1) is 0 Å². The van der Waals surface area contributed by atoms with Crippen LogP contribution in [-0.2, 0) is 26.8 Å². The first-order chi connectivity index (χ1) is 16.2. The molecular weight excluding hydrogens is 440 g/mol. The summed E-state index contributed by atoms with van der Waals surface area (Å²) in [5.41, 5.74) is 7.10. The van der Waals surface area contributed by atoms with Crippen LogP contribution in [0.15, 0.2) is 48.5 Å². The van der Waals surface area contributed by atoms with Crippen LogP contribution in [0.4, 0.5) is 0 Å². The first-order valence-electron chi connectivity index (χ1n) is 13.1. The SMILES string of the molecule is CC(C)(C)c1cc(-c2cccc(-c3cc(C(C)(C)C)c(O)c(C(C)(C)C)c3)c2)cc(C(C)(C)C)c1[O]. The summed E-state index contributed by atoms with van der Waals surface area (Å²) in [6.45, 7) is 25.5. The maximum atomic E-state index is 13.4. The fourth-order valence-corrected chi connectivity index (χ4v) is 4.73. The zero-order valence-corrected chi connectivity index (χ0v) is 24.5. The van der Waals surface area contributed by atoms with Crippen molar-refractivity contribution in [3.8, 4) is 33.8 Å². The van der Waals surface area contributed by atoms with Crippen molar-refractivity contribution in [3.63, 3.8) is 0 Å². The summed E-state index contributed by atoms with van der Waals surface area (Å²) in [6, 6.07) is 17.0. The molecule has 0 amide bonds. The number of aromatic hydroxyl groups is 1.